The third kappa shape index (κ3) is 2.47. The molecule has 13 heavy (non-hydrogen) atoms. The van der Waals surface area contributed by atoms with Crippen LogP contribution >= 0.6 is 21.8 Å². The van der Waals surface area contributed by atoms with Crippen LogP contribution in [0.5, 0.6) is 0 Å². The van der Waals surface area contributed by atoms with Crippen LogP contribution in [0.3, 0.4) is 0 Å². The predicted molar refractivity (Wildman–Crippen MR) is 42.8 cm³/mol. The Balaban J connectivity index is 3.50. The third-order valence-electron chi connectivity index (χ3n) is 1.25. The molecule has 0 radical (unpaired) electrons. The van der Waals surface area contributed by atoms with Crippen molar-refractivity contribution in [1.29, 1.82) is 0 Å². The molecule has 0 aromatic heterocycles. The van der Waals surface area contributed by atoms with Gasteiger partial charge in [0, 0.05) is 0 Å². The first-order valence-electron chi connectivity index (χ1n) is 2.99. The first-order chi connectivity index (χ1) is 5.50. The summed E-state index contributed by atoms with van der Waals surface area (Å²) < 4.78 is 60.6. The fourth-order valence-electron chi connectivity index (χ4n) is 0.758. The van der Waals surface area contributed by atoms with Crippen LogP contribution in [0, 0.1) is 0 Å². The Morgan fingerprint density at radius 1 is 0.923 bits per heavy atom. The summed E-state index contributed by atoms with van der Waals surface area (Å²) in [6, 6.07) is 3.05. The van der Waals surface area contributed by atoms with Crippen LogP contribution in [-0.2, 0) is 0 Å². The van der Waals surface area contributed by atoms with Gasteiger partial charge in [-0.3, -0.25) is 0 Å². The summed E-state index contributed by atoms with van der Waals surface area (Å²) in [5.74, 6) is 0. The average molecular weight is 239 g/mol. The maximum absolute atomic E-state index is 12.1. The lowest BCUT2D eigenvalue weighted by molar-refractivity contribution is 0.364. The topological polar surface area (TPSA) is 0 Å². The summed E-state index contributed by atoms with van der Waals surface area (Å²) in [6.07, 6.45) is 0. The van der Waals surface area contributed by atoms with E-state index in [1.165, 1.54) is 0 Å². The van der Waals surface area contributed by atoms with Gasteiger partial charge in [-0.1, -0.05) is 43.2 Å². The molecule has 0 amide bonds. The largest absolute Gasteiger partial charge is 0.311 e. The van der Waals surface area contributed by atoms with Crippen molar-refractivity contribution in [2.45, 2.75) is 4.90 Å². The van der Waals surface area contributed by atoms with Crippen molar-refractivity contribution in [2.75, 3.05) is 0 Å². The van der Waals surface area contributed by atoms with E-state index in [9.17, 15) is 19.4 Å². The number of rotatable bonds is 1. The van der Waals surface area contributed by atoms with E-state index in [4.69, 9.17) is 11.6 Å². The molecular formula is C6H4ClF5S. The van der Waals surface area contributed by atoms with Crippen molar-refractivity contribution in [3.63, 3.8) is 0 Å². The Morgan fingerprint density at radius 3 is 1.69 bits per heavy atom. The molecule has 1 aromatic carbocycles. The number of hydrogen-bond acceptors (Lipinski definition) is 0. The second kappa shape index (κ2) is 2.12. The monoisotopic (exact) mass is 238 g/mol. The molecule has 0 aliphatic rings. The highest BCUT2D eigenvalue weighted by molar-refractivity contribution is 8.45. The van der Waals surface area contributed by atoms with Gasteiger partial charge in [-0.2, -0.15) is 0 Å². The molecule has 0 aliphatic carbocycles. The van der Waals surface area contributed by atoms with Crippen molar-refractivity contribution in [1.82, 2.24) is 0 Å². The van der Waals surface area contributed by atoms with Gasteiger partial charge in [0.05, 0.1) is 5.02 Å². The zero-order valence-corrected chi connectivity index (χ0v) is 7.56. The molecule has 7 heteroatoms. The van der Waals surface area contributed by atoms with Gasteiger partial charge in [-0.15, -0.1) is 0 Å². The number of benzene rings is 1. The fourth-order valence-corrected chi connectivity index (χ4v) is 2.10. The molecule has 0 saturated heterocycles. The average Bonchev–Trinajstić information content (AvgIpc) is 1.82. The molecule has 0 atom stereocenters. The Kier molecular flexibility index (Phi) is 1.72. The first kappa shape index (κ1) is 10.6. The van der Waals surface area contributed by atoms with E-state index >= 15 is 0 Å². The van der Waals surface area contributed by atoms with Crippen molar-refractivity contribution in [3.8, 4) is 0 Å². The normalized spacial score (nSPS) is 17.7. The van der Waals surface area contributed by atoms with E-state index in [-0.39, 0.29) is 6.07 Å². The van der Waals surface area contributed by atoms with Crippen molar-refractivity contribution >= 4 is 21.8 Å². The van der Waals surface area contributed by atoms with Gasteiger partial charge in [-0.05, 0) is 12.1 Å². The molecule has 1 rings (SSSR count). The minimum Gasteiger partial charge on any atom is -0.0936 e. The van der Waals surface area contributed by atoms with E-state index in [2.05, 4.69) is 0 Å². The van der Waals surface area contributed by atoms with Gasteiger partial charge in [0.1, 0.15) is 4.90 Å². The van der Waals surface area contributed by atoms with Gasteiger partial charge in [0.15, 0.2) is 0 Å². The van der Waals surface area contributed by atoms with E-state index in [0.717, 1.165) is 18.2 Å². The summed E-state index contributed by atoms with van der Waals surface area (Å²) in [5.41, 5.74) is 0. The van der Waals surface area contributed by atoms with Crippen molar-refractivity contribution in [2.24, 2.45) is 0 Å². The summed E-state index contributed by atoms with van der Waals surface area (Å²) in [6.45, 7) is 0. The fraction of sp³-hybridized carbons (Fsp3) is 0. The van der Waals surface area contributed by atoms with Gasteiger partial charge < -0.3 is 0 Å². The lowest BCUT2D eigenvalue weighted by Gasteiger charge is -2.40. The second-order valence-corrected chi connectivity index (χ2v) is 5.18. The summed E-state index contributed by atoms with van der Waals surface area (Å²) >= 11 is 5.02. The standard InChI is InChI=1S/C6H4ClF5S/c7-5-3-1-2-4-6(5)13(8,9,10,11)12/h1-4H. The smallest absolute Gasteiger partial charge is 0.0936 e. The van der Waals surface area contributed by atoms with Gasteiger partial charge >= 0.3 is 10.2 Å². The molecule has 0 N–H and O–H groups in total. The van der Waals surface area contributed by atoms with Crippen LogP contribution in [0.15, 0.2) is 29.2 Å². The zero-order chi connectivity index (χ0) is 10.4. The van der Waals surface area contributed by atoms with E-state index in [0.29, 0.717) is 0 Å². The minimum absolute atomic E-state index is 0.268. The molecule has 0 fully saturated rings. The number of halogens is 6. The quantitative estimate of drug-likeness (QED) is 0.604. The molecule has 1 aromatic rings. The van der Waals surface area contributed by atoms with Crippen LogP contribution in [0.2, 0.25) is 5.02 Å². The van der Waals surface area contributed by atoms with Gasteiger partial charge in [0.25, 0.3) is 0 Å². The van der Waals surface area contributed by atoms with Crippen molar-refractivity contribution < 1.29 is 19.4 Å². The highest BCUT2D eigenvalue weighted by Crippen LogP contribution is 3.02. The molecule has 0 heterocycles. The molecule has 0 bridgehead atoms. The SMILES string of the molecule is FS(F)(F)(F)(F)c1ccccc1Cl. The number of hydrogen-bond donors (Lipinski definition) is 0. The van der Waals surface area contributed by atoms with Crippen LogP contribution in [0.4, 0.5) is 19.4 Å². The van der Waals surface area contributed by atoms with E-state index in [1.807, 2.05) is 0 Å². The Bertz CT molecular complexity index is 342. The lowest BCUT2D eigenvalue weighted by atomic mass is 10.4. The maximum atomic E-state index is 12.1. The van der Waals surface area contributed by atoms with Gasteiger partial charge in [-0.25, -0.2) is 0 Å². The molecule has 0 aliphatic heterocycles. The Hall–Kier alpha value is -0.490. The summed E-state index contributed by atoms with van der Waals surface area (Å²) in [4.78, 5) is -2.04. The molecule has 0 saturated carbocycles. The molecule has 0 nitrogen and oxygen atoms in total. The second-order valence-electron chi connectivity index (χ2n) is 2.40. The highest BCUT2D eigenvalue weighted by atomic mass is 35.5. The van der Waals surface area contributed by atoms with Crippen LogP contribution in [0.25, 0.3) is 0 Å². The van der Waals surface area contributed by atoms with E-state index < -0.39 is 20.1 Å². The van der Waals surface area contributed by atoms with Crippen LogP contribution < -0.4 is 0 Å². The van der Waals surface area contributed by atoms with Crippen LogP contribution in [-0.4, -0.2) is 0 Å². The summed E-state index contributed by atoms with van der Waals surface area (Å²) in [5, 5.41) is -0.985. The Labute approximate surface area is 76.0 Å². The molecule has 76 valence electrons. The maximum Gasteiger partial charge on any atom is 0.311 e. The zero-order valence-electron chi connectivity index (χ0n) is 5.99. The van der Waals surface area contributed by atoms with Crippen LogP contribution in [0.1, 0.15) is 0 Å². The lowest BCUT2D eigenvalue weighted by Crippen LogP contribution is -2.06. The van der Waals surface area contributed by atoms with E-state index in [1.54, 1.807) is 0 Å². The molecule has 0 spiro atoms. The highest BCUT2D eigenvalue weighted by Gasteiger charge is 2.66. The minimum atomic E-state index is -9.61. The molecular weight excluding hydrogens is 235 g/mol. The summed E-state index contributed by atoms with van der Waals surface area (Å²) in [7, 11) is -9.61. The van der Waals surface area contributed by atoms with Gasteiger partial charge in [0.2, 0.25) is 0 Å². The predicted octanol–water partition coefficient (Wildman–Crippen LogP) is 5.00. The first-order valence-corrected chi connectivity index (χ1v) is 5.32. The van der Waals surface area contributed by atoms with Crippen molar-refractivity contribution in [3.05, 3.63) is 29.3 Å². The Morgan fingerprint density at radius 2 is 1.38 bits per heavy atom. The third-order valence-corrected chi connectivity index (χ3v) is 2.88. The molecule has 0 unspecified atom stereocenters.